The van der Waals surface area contributed by atoms with E-state index in [-0.39, 0.29) is 13.0 Å². The molecule has 16 heavy (non-hydrogen) atoms. The van der Waals surface area contributed by atoms with Crippen molar-refractivity contribution in [2.24, 2.45) is 0 Å². The second-order valence-electron chi connectivity index (χ2n) is 3.03. The Balaban J connectivity index is 2.65. The normalized spacial score (nSPS) is 11.8. The first kappa shape index (κ1) is 12.5. The number of carbonyl (C=O) groups is 2. The third kappa shape index (κ3) is 3.90. The molecule has 1 rings (SSSR count). The first-order valence-electron chi connectivity index (χ1n) is 4.82. The van der Waals surface area contributed by atoms with Crippen LogP contribution in [0.2, 0.25) is 0 Å². The maximum absolute atomic E-state index is 11.2. The van der Waals surface area contributed by atoms with Crippen molar-refractivity contribution in [3.8, 4) is 0 Å². The fraction of sp³-hybridized carbons (Fsp3) is 0.400. The van der Waals surface area contributed by atoms with Crippen LogP contribution in [0.1, 0.15) is 24.3 Å². The van der Waals surface area contributed by atoms with E-state index in [1.807, 2.05) is 11.4 Å². The zero-order valence-corrected chi connectivity index (χ0v) is 9.62. The van der Waals surface area contributed by atoms with Crippen molar-refractivity contribution < 1.29 is 19.4 Å². The van der Waals surface area contributed by atoms with E-state index in [2.05, 4.69) is 5.32 Å². The molecule has 0 saturated heterocycles. The highest BCUT2D eigenvalue weighted by Gasteiger charge is 2.19. The third-order valence-corrected chi connectivity index (χ3v) is 2.82. The predicted octanol–water partition coefficient (Wildman–Crippen LogP) is 2.01. The Kier molecular flexibility index (Phi) is 4.78. The molecular weight excluding hydrogens is 230 g/mol. The second-order valence-corrected chi connectivity index (χ2v) is 4.01. The lowest BCUT2D eigenvalue weighted by Gasteiger charge is -2.14. The summed E-state index contributed by atoms with van der Waals surface area (Å²) in [5.41, 5.74) is 0. The molecule has 0 radical (unpaired) electrons. The largest absolute Gasteiger partial charge is 0.481 e. The summed E-state index contributed by atoms with van der Waals surface area (Å²) in [4.78, 5) is 22.7. The Bertz CT molecular complexity index is 350. The van der Waals surface area contributed by atoms with Crippen molar-refractivity contribution in [3.05, 3.63) is 22.4 Å². The quantitative estimate of drug-likeness (QED) is 0.829. The summed E-state index contributed by atoms with van der Waals surface area (Å²) < 4.78 is 4.71. The van der Waals surface area contributed by atoms with Gasteiger partial charge in [-0.15, -0.1) is 11.3 Å². The average Bonchev–Trinajstić information content (AvgIpc) is 2.68. The van der Waals surface area contributed by atoms with Gasteiger partial charge < -0.3 is 15.2 Å². The van der Waals surface area contributed by atoms with E-state index >= 15 is 0 Å². The Hall–Kier alpha value is -1.56. The molecule has 0 fully saturated rings. The molecule has 0 saturated carbocycles. The molecule has 0 spiro atoms. The van der Waals surface area contributed by atoms with Gasteiger partial charge in [0.2, 0.25) is 0 Å². The Morgan fingerprint density at radius 1 is 1.62 bits per heavy atom. The lowest BCUT2D eigenvalue weighted by atomic mass is 10.2. The molecule has 0 aromatic carbocycles. The molecule has 1 amide bonds. The SMILES string of the molecule is CCOC(=O)NC(CC(=O)O)c1cccs1. The molecule has 0 bridgehead atoms. The van der Waals surface area contributed by atoms with E-state index in [1.54, 1.807) is 13.0 Å². The summed E-state index contributed by atoms with van der Waals surface area (Å²) in [6.07, 6.45) is -0.749. The van der Waals surface area contributed by atoms with E-state index < -0.39 is 18.1 Å². The fourth-order valence-electron chi connectivity index (χ4n) is 1.20. The van der Waals surface area contributed by atoms with Gasteiger partial charge in [0.15, 0.2) is 0 Å². The number of hydrogen-bond donors (Lipinski definition) is 2. The highest BCUT2D eigenvalue weighted by atomic mass is 32.1. The van der Waals surface area contributed by atoms with E-state index in [0.717, 1.165) is 4.88 Å². The van der Waals surface area contributed by atoms with Crippen LogP contribution in [0, 0.1) is 0 Å². The van der Waals surface area contributed by atoms with Crippen LogP contribution in [0.15, 0.2) is 17.5 Å². The Labute approximate surface area is 97.0 Å². The van der Waals surface area contributed by atoms with Gasteiger partial charge in [-0.2, -0.15) is 0 Å². The van der Waals surface area contributed by atoms with Crippen LogP contribution in [-0.4, -0.2) is 23.8 Å². The van der Waals surface area contributed by atoms with Crippen molar-refractivity contribution in [1.82, 2.24) is 5.32 Å². The highest BCUT2D eigenvalue weighted by molar-refractivity contribution is 7.10. The number of ether oxygens (including phenoxy) is 1. The summed E-state index contributed by atoms with van der Waals surface area (Å²) >= 11 is 1.40. The van der Waals surface area contributed by atoms with Gasteiger partial charge in [0.25, 0.3) is 0 Å². The highest BCUT2D eigenvalue weighted by Crippen LogP contribution is 2.22. The van der Waals surface area contributed by atoms with Crippen molar-refractivity contribution in [1.29, 1.82) is 0 Å². The summed E-state index contributed by atoms with van der Waals surface area (Å²) in [5.74, 6) is -0.963. The molecular formula is C10H13NO4S. The molecule has 1 aromatic rings. The van der Waals surface area contributed by atoms with E-state index in [4.69, 9.17) is 9.84 Å². The van der Waals surface area contributed by atoms with Crippen LogP contribution < -0.4 is 5.32 Å². The molecule has 0 aliphatic heterocycles. The van der Waals surface area contributed by atoms with Crippen LogP contribution in [0.3, 0.4) is 0 Å². The number of carboxylic acid groups (broad SMARTS) is 1. The molecule has 1 aromatic heterocycles. The first-order valence-corrected chi connectivity index (χ1v) is 5.70. The number of alkyl carbamates (subject to hydrolysis) is 1. The minimum atomic E-state index is -0.963. The zero-order chi connectivity index (χ0) is 12.0. The van der Waals surface area contributed by atoms with Crippen molar-refractivity contribution in [3.63, 3.8) is 0 Å². The van der Waals surface area contributed by atoms with Gasteiger partial charge in [0, 0.05) is 4.88 Å². The first-order chi connectivity index (χ1) is 7.63. The molecule has 0 aliphatic rings. The van der Waals surface area contributed by atoms with Gasteiger partial charge in [0.1, 0.15) is 0 Å². The van der Waals surface area contributed by atoms with Gasteiger partial charge in [-0.3, -0.25) is 4.79 Å². The fourth-order valence-corrected chi connectivity index (χ4v) is 1.98. The average molecular weight is 243 g/mol. The zero-order valence-electron chi connectivity index (χ0n) is 8.80. The molecule has 0 aliphatic carbocycles. The van der Waals surface area contributed by atoms with Gasteiger partial charge in [-0.05, 0) is 18.4 Å². The minimum Gasteiger partial charge on any atom is -0.481 e. The standard InChI is InChI=1S/C10H13NO4S/c1-2-15-10(14)11-7(6-9(12)13)8-4-3-5-16-8/h3-5,7H,2,6H2,1H3,(H,11,14)(H,12,13). The predicted molar refractivity (Wildman–Crippen MR) is 59.5 cm³/mol. The summed E-state index contributed by atoms with van der Waals surface area (Å²) in [7, 11) is 0. The number of hydrogen-bond acceptors (Lipinski definition) is 4. The molecule has 1 unspecified atom stereocenters. The Morgan fingerprint density at radius 2 is 2.38 bits per heavy atom. The topological polar surface area (TPSA) is 75.6 Å². The number of amides is 1. The summed E-state index contributed by atoms with van der Waals surface area (Å²) in [6.45, 7) is 1.95. The number of carbonyl (C=O) groups excluding carboxylic acids is 1. The van der Waals surface area contributed by atoms with Gasteiger partial charge in [0.05, 0.1) is 19.1 Å². The van der Waals surface area contributed by atoms with E-state index in [0.29, 0.717) is 0 Å². The van der Waals surface area contributed by atoms with E-state index in [1.165, 1.54) is 11.3 Å². The number of thiophene rings is 1. The molecule has 1 heterocycles. The number of aliphatic carboxylic acids is 1. The minimum absolute atomic E-state index is 0.153. The molecule has 2 N–H and O–H groups in total. The van der Waals surface area contributed by atoms with Crippen molar-refractivity contribution >= 4 is 23.4 Å². The van der Waals surface area contributed by atoms with Crippen LogP contribution in [0.5, 0.6) is 0 Å². The van der Waals surface area contributed by atoms with Crippen LogP contribution in [0.25, 0.3) is 0 Å². The summed E-state index contributed by atoms with van der Waals surface area (Å²) in [5, 5.41) is 13.1. The lowest BCUT2D eigenvalue weighted by molar-refractivity contribution is -0.137. The number of rotatable bonds is 5. The summed E-state index contributed by atoms with van der Waals surface area (Å²) in [6, 6.07) is 3.06. The number of carboxylic acids is 1. The Morgan fingerprint density at radius 3 is 2.88 bits per heavy atom. The van der Waals surface area contributed by atoms with Gasteiger partial charge in [-0.25, -0.2) is 4.79 Å². The maximum atomic E-state index is 11.2. The van der Waals surface area contributed by atoms with Crippen LogP contribution in [-0.2, 0) is 9.53 Å². The molecule has 1 atom stereocenters. The monoisotopic (exact) mass is 243 g/mol. The van der Waals surface area contributed by atoms with Gasteiger partial charge in [-0.1, -0.05) is 6.07 Å². The number of nitrogens with one attached hydrogen (secondary N) is 1. The molecule has 6 heteroatoms. The van der Waals surface area contributed by atoms with Crippen LogP contribution in [0.4, 0.5) is 4.79 Å². The lowest BCUT2D eigenvalue weighted by Crippen LogP contribution is -2.30. The van der Waals surface area contributed by atoms with E-state index in [9.17, 15) is 9.59 Å². The van der Waals surface area contributed by atoms with Crippen molar-refractivity contribution in [2.75, 3.05) is 6.61 Å². The second kappa shape index (κ2) is 6.12. The maximum Gasteiger partial charge on any atom is 0.407 e. The van der Waals surface area contributed by atoms with Crippen LogP contribution >= 0.6 is 11.3 Å². The third-order valence-electron chi connectivity index (χ3n) is 1.83. The van der Waals surface area contributed by atoms with Crippen molar-refractivity contribution in [2.45, 2.75) is 19.4 Å². The van der Waals surface area contributed by atoms with Gasteiger partial charge >= 0.3 is 12.1 Å². The smallest absolute Gasteiger partial charge is 0.407 e. The molecule has 5 nitrogen and oxygen atoms in total. The molecule has 88 valence electrons.